The molecule has 1 aromatic heterocycles. The Hall–Kier alpha value is -1.40. The minimum Gasteiger partial charge on any atom is -0.381 e. The maximum atomic E-state index is 11.5. The van der Waals surface area contributed by atoms with E-state index in [9.17, 15) is 9.59 Å². The van der Waals surface area contributed by atoms with Crippen molar-refractivity contribution in [3.63, 3.8) is 0 Å². The van der Waals surface area contributed by atoms with Gasteiger partial charge in [0.25, 0.3) is 5.56 Å². The lowest BCUT2D eigenvalue weighted by atomic mass is 10.1. The monoisotopic (exact) mass is 225 g/mol. The van der Waals surface area contributed by atoms with Gasteiger partial charge in [0.1, 0.15) is 0 Å². The van der Waals surface area contributed by atoms with E-state index < -0.39 is 5.56 Å². The molecule has 2 heterocycles. The summed E-state index contributed by atoms with van der Waals surface area (Å²) in [7, 11) is 0. The molecule has 1 fully saturated rings. The van der Waals surface area contributed by atoms with Crippen molar-refractivity contribution < 1.29 is 4.74 Å². The maximum absolute atomic E-state index is 11.5. The van der Waals surface area contributed by atoms with Crippen molar-refractivity contribution in [3.8, 4) is 0 Å². The summed E-state index contributed by atoms with van der Waals surface area (Å²) >= 11 is 0. The van der Waals surface area contributed by atoms with Crippen LogP contribution < -0.4 is 17.0 Å². The summed E-state index contributed by atoms with van der Waals surface area (Å²) in [5, 5.41) is 0. The van der Waals surface area contributed by atoms with Crippen molar-refractivity contribution >= 4 is 0 Å². The molecule has 1 aliphatic heterocycles. The Morgan fingerprint density at radius 3 is 3.00 bits per heavy atom. The first-order chi connectivity index (χ1) is 7.70. The molecule has 1 aromatic rings. The first-order valence-electron chi connectivity index (χ1n) is 5.31. The van der Waals surface area contributed by atoms with Crippen LogP contribution in [0.25, 0.3) is 0 Å². The number of rotatable bonds is 3. The zero-order valence-electron chi connectivity index (χ0n) is 8.94. The number of hydrogen-bond donors (Lipinski definition) is 2. The van der Waals surface area contributed by atoms with Gasteiger partial charge in [-0.2, -0.15) is 0 Å². The summed E-state index contributed by atoms with van der Waals surface area (Å²) in [5.41, 5.74) is 5.07. The minimum absolute atomic E-state index is 0.136. The van der Waals surface area contributed by atoms with Crippen molar-refractivity contribution in [2.24, 2.45) is 11.7 Å². The normalized spacial score (nSPS) is 20.2. The van der Waals surface area contributed by atoms with E-state index in [1.807, 2.05) is 0 Å². The van der Waals surface area contributed by atoms with E-state index in [2.05, 4.69) is 4.98 Å². The summed E-state index contributed by atoms with van der Waals surface area (Å²) < 4.78 is 6.74. The summed E-state index contributed by atoms with van der Waals surface area (Å²) in [4.78, 5) is 25.1. The second-order valence-corrected chi connectivity index (χ2v) is 4.00. The first-order valence-corrected chi connectivity index (χ1v) is 5.31. The van der Waals surface area contributed by atoms with Gasteiger partial charge in [-0.25, -0.2) is 4.79 Å². The Balaban J connectivity index is 2.25. The second kappa shape index (κ2) is 4.63. The molecule has 88 valence electrons. The average Bonchev–Trinajstić information content (AvgIpc) is 2.75. The standard InChI is InChI=1S/C10H15N3O3/c11-3-8-5-13(10(15)12-9(8)14)4-7-1-2-16-6-7/h5,7H,1-4,6,11H2,(H,12,14,15). The van der Waals surface area contributed by atoms with Gasteiger partial charge in [0.05, 0.1) is 6.61 Å². The fraction of sp³-hybridized carbons (Fsp3) is 0.600. The van der Waals surface area contributed by atoms with E-state index in [0.717, 1.165) is 13.0 Å². The number of aromatic nitrogens is 2. The van der Waals surface area contributed by atoms with Crippen molar-refractivity contribution in [1.29, 1.82) is 0 Å². The van der Waals surface area contributed by atoms with Crippen LogP contribution in [-0.4, -0.2) is 22.8 Å². The molecule has 16 heavy (non-hydrogen) atoms. The van der Waals surface area contributed by atoms with Crippen LogP contribution in [0.5, 0.6) is 0 Å². The average molecular weight is 225 g/mol. The Morgan fingerprint density at radius 1 is 1.56 bits per heavy atom. The first kappa shape index (κ1) is 11.1. The maximum Gasteiger partial charge on any atom is 0.328 e. The van der Waals surface area contributed by atoms with Gasteiger partial charge in [0.15, 0.2) is 0 Å². The molecule has 0 bridgehead atoms. The molecule has 3 N–H and O–H groups in total. The van der Waals surface area contributed by atoms with Gasteiger partial charge in [-0.15, -0.1) is 0 Å². The molecule has 1 unspecified atom stereocenters. The smallest absolute Gasteiger partial charge is 0.328 e. The number of nitrogens with zero attached hydrogens (tertiary/aromatic N) is 1. The number of H-pyrrole nitrogens is 1. The molecule has 6 nitrogen and oxygen atoms in total. The molecule has 2 rings (SSSR count). The second-order valence-electron chi connectivity index (χ2n) is 4.00. The van der Waals surface area contributed by atoms with Crippen LogP contribution in [0.3, 0.4) is 0 Å². The molecule has 6 heteroatoms. The molecule has 0 radical (unpaired) electrons. The molecule has 0 saturated carbocycles. The van der Waals surface area contributed by atoms with Gasteiger partial charge >= 0.3 is 5.69 Å². The van der Waals surface area contributed by atoms with Gasteiger partial charge in [-0.05, 0) is 6.42 Å². The van der Waals surface area contributed by atoms with Crippen molar-refractivity contribution in [2.45, 2.75) is 19.5 Å². The topological polar surface area (TPSA) is 90.1 Å². The van der Waals surface area contributed by atoms with Crippen LogP contribution in [0.4, 0.5) is 0 Å². The van der Waals surface area contributed by atoms with Gasteiger partial charge in [0.2, 0.25) is 0 Å². The molecule has 1 atom stereocenters. The lowest BCUT2D eigenvalue weighted by Gasteiger charge is -2.10. The van der Waals surface area contributed by atoms with E-state index in [1.165, 1.54) is 4.57 Å². The number of nitrogens with one attached hydrogen (secondary N) is 1. The Bertz CT molecular complexity index is 471. The van der Waals surface area contributed by atoms with Gasteiger partial charge in [-0.1, -0.05) is 0 Å². The number of nitrogens with two attached hydrogens (primary N) is 1. The molecular formula is C10H15N3O3. The summed E-state index contributed by atoms with van der Waals surface area (Å²) in [6.07, 6.45) is 2.49. The largest absolute Gasteiger partial charge is 0.381 e. The van der Waals surface area contributed by atoms with Gasteiger partial charge in [-0.3, -0.25) is 14.3 Å². The molecule has 1 saturated heterocycles. The Labute approximate surface area is 92.0 Å². The highest BCUT2D eigenvalue weighted by molar-refractivity contribution is 5.03. The summed E-state index contributed by atoms with van der Waals surface area (Å²) in [6.45, 7) is 2.12. The molecular weight excluding hydrogens is 210 g/mol. The zero-order chi connectivity index (χ0) is 11.5. The fourth-order valence-corrected chi connectivity index (χ4v) is 1.84. The highest BCUT2D eigenvalue weighted by atomic mass is 16.5. The number of aromatic amines is 1. The highest BCUT2D eigenvalue weighted by Gasteiger charge is 2.17. The van der Waals surface area contributed by atoms with Crippen LogP contribution in [-0.2, 0) is 17.8 Å². The van der Waals surface area contributed by atoms with Crippen LogP contribution in [0, 0.1) is 5.92 Å². The van der Waals surface area contributed by atoms with E-state index in [4.69, 9.17) is 10.5 Å². The molecule has 0 spiro atoms. The lowest BCUT2D eigenvalue weighted by molar-refractivity contribution is 0.182. The predicted octanol–water partition coefficient (Wildman–Crippen LogP) is -0.968. The Morgan fingerprint density at radius 2 is 2.38 bits per heavy atom. The fourth-order valence-electron chi connectivity index (χ4n) is 1.84. The molecule has 0 aliphatic carbocycles. The third-order valence-electron chi connectivity index (χ3n) is 2.78. The quantitative estimate of drug-likeness (QED) is 0.692. The third kappa shape index (κ3) is 2.23. The molecule has 0 amide bonds. The molecule has 1 aliphatic rings. The zero-order valence-corrected chi connectivity index (χ0v) is 8.94. The van der Waals surface area contributed by atoms with E-state index in [1.54, 1.807) is 6.20 Å². The Kier molecular flexibility index (Phi) is 3.21. The van der Waals surface area contributed by atoms with Crippen molar-refractivity contribution in [3.05, 3.63) is 32.6 Å². The third-order valence-corrected chi connectivity index (χ3v) is 2.78. The number of ether oxygens (including phenoxy) is 1. The number of hydrogen-bond acceptors (Lipinski definition) is 4. The van der Waals surface area contributed by atoms with E-state index in [0.29, 0.717) is 24.6 Å². The SMILES string of the molecule is NCc1cn(CC2CCOC2)c(=O)[nH]c1=O. The van der Waals surface area contributed by atoms with Crippen LogP contribution in [0.15, 0.2) is 15.8 Å². The lowest BCUT2D eigenvalue weighted by Crippen LogP contribution is -2.34. The summed E-state index contributed by atoms with van der Waals surface area (Å²) in [5.74, 6) is 0.342. The van der Waals surface area contributed by atoms with E-state index in [-0.39, 0.29) is 12.2 Å². The highest BCUT2D eigenvalue weighted by Crippen LogP contribution is 2.13. The summed E-state index contributed by atoms with van der Waals surface area (Å²) in [6, 6.07) is 0. The van der Waals surface area contributed by atoms with Gasteiger partial charge in [0, 0.05) is 37.4 Å². The predicted molar refractivity (Wildman–Crippen MR) is 58.1 cm³/mol. The van der Waals surface area contributed by atoms with Crippen LogP contribution >= 0.6 is 0 Å². The van der Waals surface area contributed by atoms with Crippen molar-refractivity contribution in [1.82, 2.24) is 9.55 Å². The molecule has 0 aromatic carbocycles. The van der Waals surface area contributed by atoms with Gasteiger partial charge < -0.3 is 10.5 Å². The van der Waals surface area contributed by atoms with Crippen LogP contribution in [0.1, 0.15) is 12.0 Å². The van der Waals surface area contributed by atoms with E-state index >= 15 is 0 Å². The van der Waals surface area contributed by atoms with Crippen molar-refractivity contribution in [2.75, 3.05) is 13.2 Å². The van der Waals surface area contributed by atoms with Crippen LogP contribution in [0.2, 0.25) is 0 Å². The minimum atomic E-state index is -0.397.